The SMILES string of the molecule is Cc1ccc(S(=O)(=O)N(CCO)c2ccccc2CN(C)C(=O)/C=C/c2ccc(F)cc2)cc1. The van der Waals surface area contributed by atoms with Crippen LogP contribution in [-0.4, -0.2) is 44.5 Å². The summed E-state index contributed by atoms with van der Waals surface area (Å²) in [5, 5.41) is 9.61. The Bertz CT molecular complexity index is 1260. The summed E-state index contributed by atoms with van der Waals surface area (Å²) < 4.78 is 41.0. The molecule has 0 aliphatic carbocycles. The normalized spacial score (nSPS) is 11.5. The molecule has 0 heterocycles. The van der Waals surface area contributed by atoms with E-state index in [-0.39, 0.29) is 36.3 Å². The fraction of sp³-hybridized carbons (Fsp3) is 0.192. The van der Waals surface area contributed by atoms with E-state index in [1.165, 1.54) is 39.5 Å². The van der Waals surface area contributed by atoms with Crippen LogP contribution >= 0.6 is 0 Å². The van der Waals surface area contributed by atoms with Gasteiger partial charge in [-0.3, -0.25) is 9.10 Å². The number of anilines is 1. The second-order valence-electron chi connectivity index (χ2n) is 7.82. The molecule has 6 nitrogen and oxygen atoms in total. The van der Waals surface area contributed by atoms with E-state index in [0.29, 0.717) is 16.8 Å². The number of likely N-dealkylation sites (N-methyl/N-ethyl adjacent to an activating group) is 1. The molecule has 1 N–H and O–H groups in total. The van der Waals surface area contributed by atoms with Gasteiger partial charge in [-0.25, -0.2) is 12.8 Å². The van der Waals surface area contributed by atoms with Crippen LogP contribution in [-0.2, 0) is 21.4 Å². The Labute approximate surface area is 199 Å². The first-order chi connectivity index (χ1) is 16.2. The van der Waals surface area contributed by atoms with Crippen molar-refractivity contribution in [2.45, 2.75) is 18.4 Å². The van der Waals surface area contributed by atoms with Gasteiger partial charge in [0.1, 0.15) is 5.82 Å². The minimum absolute atomic E-state index is 0.119. The number of sulfonamides is 1. The van der Waals surface area contributed by atoms with Crippen molar-refractivity contribution < 1.29 is 22.7 Å². The van der Waals surface area contributed by atoms with E-state index >= 15 is 0 Å². The summed E-state index contributed by atoms with van der Waals surface area (Å²) in [7, 11) is -2.33. The van der Waals surface area contributed by atoms with Crippen LogP contribution in [0.1, 0.15) is 16.7 Å². The molecule has 0 radical (unpaired) electrons. The molecule has 1 amide bonds. The van der Waals surface area contributed by atoms with Crippen LogP contribution in [0, 0.1) is 12.7 Å². The lowest BCUT2D eigenvalue weighted by Gasteiger charge is -2.27. The summed E-state index contributed by atoms with van der Waals surface area (Å²) >= 11 is 0. The Kier molecular flexibility index (Phi) is 8.20. The summed E-state index contributed by atoms with van der Waals surface area (Å²) in [5.74, 6) is -0.653. The summed E-state index contributed by atoms with van der Waals surface area (Å²) in [6.07, 6.45) is 2.97. The zero-order valence-corrected chi connectivity index (χ0v) is 19.9. The number of amides is 1. The summed E-state index contributed by atoms with van der Waals surface area (Å²) in [4.78, 5) is 14.2. The van der Waals surface area contributed by atoms with Crippen molar-refractivity contribution in [2.24, 2.45) is 0 Å². The van der Waals surface area contributed by atoms with E-state index in [2.05, 4.69) is 0 Å². The quantitative estimate of drug-likeness (QED) is 0.468. The third-order valence-electron chi connectivity index (χ3n) is 5.24. The Balaban J connectivity index is 1.86. The first-order valence-electron chi connectivity index (χ1n) is 10.7. The lowest BCUT2D eigenvalue weighted by atomic mass is 10.1. The van der Waals surface area contributed by atoms with Crippen molar-refractivity contribution in [1.29, 1.82) is 0 Å². The average Bonchev–Trinajstić information content (AvgIpc) is 2.82. The van der Waals surface area contributed by atoms with E-state index < -0.39 is 10.0 Å². The van der Waals surface area contributed by atoms with E-state index in [0.717, 1.165) is 5.56 Å². The highest BCUT2D eigenvalue weighted by Crippen LogP contribution is 2.28. The smallest absolute Gasteiger partial charge is 0.264 e. The molecule has 3 aromatic rings. The number of hydrogen-bond donors (Lipinski definition) is 1. The van der Waals surface area contributed by atoms with E-state index in [1.54, 1.807) is 61.7 Å². The van der Waals surface area contributed by atoms with Gasteiger partial charge < -0.3 is 10.0 Å². The van der Waals surface area contributed by atoms with Gasteiger partial charge in [0.15, 0.2) is 0 Å². The van der Waals surface area contributed by atoms with Gasteiger partial charge in [-0.15, -0.1) is 0 Å². The molecule has 0 saturated heterocycles. The van der Waals surface area contributed by atoms with Gasteiger partial charge in [0, 0.05) is 19.7 Å². The predicted octanol–water partition coefficient (Wildman–Crippen LogP) is 3.99. The number of benzene rings is 3. The van der Waals surface area contributed by atoms with Crippen LogP contribution in [0.5, 0.6) is 0 Å². The number of hydrogen-bond acceptors (Lipinski definition) is 4. The standard InChI is InChI=1S/C26H27FN2O4S/c1-20-7-14-24(15-8-20)34(32,33)29(17-18-30)25-6-4-3-5-22(25)19-28(2)26(31)16-11-21-9-12-23(27)13-10-21/h3-16,30H,17-19H2,1-2H3/b16-11+. The number of carbonyl (C=O) groups excluding carboxylic acids is 1. The van der Waals surface area contributed by atoms with E-state index in [9.17, 15) is 22.7 Å². The van der Waals surface area contributed by atoms with Crippen molar-refractivity contribution in [3.8, 4) is 0 Å². The monoisotopic (exact) mass is 482 g/mol. The first kappa shape index (κ1) is 25.1. The average molecular weight is 483 g/mol. The molecule has 0 aliphatic rings. The maximum Gasteiger partial charge on any atom is 0.264 e. The second-order valence-corrected chi connectivity index (χ2v) is 9.68. The Morgan fingerprint density at radius 2 is 1.65 bits per heavy atom. The molecule has 0 unspecified atom stereocenters. The molecular weight excluding hydrogens is 455 g/mol. The molecule has 178 valence electrons. The molecule has 34 heavy (non-hydrogen) atoms. The highest BCUT2D eigenvalue weighted by atomic mass is 32.2. The molecule has 0 fully saturated rings. The maximum atomic E-state index is 13.4. The largest absolute Gasteiger partial charge is 0.394 e. The van der Waals surface area contributed by atoms with Crippen LogP contribution < -0.4 is 4.31 Å². The van der Waals surface area contributed by atoms with Crippen LogP contribution in [0.3, 0.4) is 0 Å². The number of para-hydroxylation sites is 1. The zero-order valence-electron chi connectivity index (χ0n) is 19.1. The number of carbonyl (C=O) groups is 1. The van der Waals surface area contributed by atoms with Gasteiger partial charge in [-0.1, -0.05) is 48.0 Å². The zero-order chi connectivity index (χ0) is 24.7. The van der Waals surface area contributed by atoms with Gasteiger partial charge in [-0.2, -0.15) is 0 Å². The molecule has 0 spiro atoms. The van der Waals surface area contributed by atoms with Crippen LogP contribution in [0.2, 0.25) is 0 Å². The van der Waals surface area contributed by atoms with Crippen molar-refractivity contribution >= 4 is 27.7 Å². The van der Waals surface area contributed by atoms with Crippen molar-refractivity contribution in [2.75, 3.05) is 24.5 Å². The Morgan fingerprint density at radius 1 is 1.00 bits per heavy atom. The number of rotatable bonds is 9. The lowest BCUT2D eigenvalue weighted by molar-refractivity contribution is -0.125. The topological polar surface area (TPSA) is 77.9 Å². The molecular formula is C26H27FN2O4S. The number of nitrogens with zero attached hydrogens (tertiary/aromatic N) is 2. The molecule has 3 aromatic carbocycles. The lowest BCUT2D eigenvalue weighted by Crippen LogP contribution is -2.35. The fourth-order valence-corrected chi connectivity index (χ4v) is 4.88. The first-order valence-corrected chi connectivity index (χ1v) is 12.1. The van der Waals surface area contributed by atoms with Crippen LogP contribution in [0.25, 0.3) is 6.08 Å². The Hall–Kier alpha value is -3.49. The molecule has 3 rings (SSSR count). The fourth-order valence-electron chi connectivity index (χ4n) is 3.39. The van der Waals surface area contributed by atoms with Crippen molar-refractivity contribution in [3.05, 3.63) is 101 Å². The number of halogens is 1. The summed E-state index contributed by atoms with van der Waals surface area (Å²) in [6.45, 7) is 1.52. The predicted molar refractivity (Wildman–Crippen MR) is 131 cm³/mol. The summed E-state index contributed by atoms with van der Waals surface area (Å²) in [6, 6.07) is 19.1. The van der Waals surface area contributed by atoms with Crippen molar-refractivity contribution in [3.63, 3.8) is 0 Å². The third kappa shape index (κ3) is 6.09. The van der Waals surface area contributed by atoms with Gasteiger partial charge in [0.25, 0.3) is 10.0 Å². The molecule has 0 bridgehead atoms. The maximum absolute atomic E-state index is 13.4. The minimum Gasteiger partial charge on any atom is -0.394 e. The van der Waals surface area contributed by atoms with Gasteiger partial charge in [0.05, 0.1) is 23.7 Å². The number of aliphatic hydroxyl groups excluding tert-OH is 1. The van der Waals surface area contributed by atoms with E-state index in [4.69, 9.17) is 0 Å². The van der Waals surface area contributed by atoms with Gasteiger partial charge >= 0.3 is 0 Å². The number of aliphatic hydroxyl groups is 1. The second kappa shape index (κ2) is 11.1. The van der Waals surface area contributed by atoms with Crippen LogP contribution in [0.4, 0.5) is 10.1 Å². The minimum atomic E-state index is -3.94. The Morgan fingerprint density at radius 3 is 2.29 bits per heavy atom. The van der Waals surface area contributed by atoms with E-state index in [1.807, 2.05) is 6.92 Å². The molecule has 0 atom stereocenters. The molecule has 0 aromatic heterocycles. The summed E-state index contributed by atoms with van der Waals surface area (Å²) in [5.41, 5.74) is 2.61. The van der Waals surface area contributed by atoms with Gasteiger partial charge in [0.2, 0.25) is 5.91 Å². The molecule has 8 heteroatoms. The molecule has 0 saturated carbocycles. The van der Waals surface area contributed by atoms with Gasteiger partial charge in [-0.05, 0) is 54.5 Å². The highest BCUT2D eigenvalue weighted by molar-refractivity contribution is 7.92. The van der Waals surface area contributed by atoms with Crippen molar-refractivity contribution in [1.82, 2.24) is 4.90 Å². The molecule has 0 aliphatic heterocycles. The number of aryl methyl sites for hydroxylation is 1. The van der Waals surface area contributed by atoms with Crippen LogP contribution in [0.15, 0.2) is 83.8 Å². The highest BCUT2D eigenvalue weighted by Gasteiger charge is 2.26. The third-order valence-corrected chi connectivity index (χ3v) is 7.07.